The summed E-state index contributed by atoms with van der Waals surface area (Å²) in [4.78, 5) is 0. The van der Waals surface area contributed by atoms with E-state index in [0.29, 0.717) is 5.56 Å². The molecule has 0 radical (unpaired) electrons. The first-order valence-electron chi connectivity index (χ1n) is 3.86. The molecule has 1 aromatic rings. The molecular formula is C9H9FN2O2. The topological polar surface area (TPSA) is 65.2 Å². The second-order valence-corrected chi connectivity index (χ2v) is 2.64. The minimum atomic E-state index is -0.385. The van der Waals surface area contributed by atoms with E-state index in [1.54, 1.807) is 0 Å². The highest BCUT2D eigenvalue weighted by Crippen LogP contribution is 2.05. The third-order valence-electron chi connectivity index (χ3n) is 1.71. The summed E-state index contributed by atoms with van der Waals surface area (Å²) in [7, 11) is 0. The highest BCUT2D eigenvalue weighted by atomic mass is 19.1. The van der Waals surface area contributed by atoms with Crippen molar-refractivity contribution in [2.75, 3.05) is 0 Å². The summed E-state index contributed by atoms with van der Waals surface area (Å²) in [5.41, 5.74) is 0.732. The highest BCUT2D eigenvalue weighted by Gasteiger charge is 2.08. The zero-order valence-corrected chi connectivity index (χ0v) is 7.48. The minimum absolute atomic E-state index is 0.104. The van der Waals surface area contributed by atoms with E-state index in [1.165, 1.54) is 31.2 Å². The maximum absolute atomic E-state index is 12.6. The molecule has 0 unspecified atom stereocenters. The Labute approximate surface area is 80.0 Å². The Morgan fingerprint density at radius 1 is 1.14 bits per heavy atom. The van der Waals surface area contributed by atoms with Gasteiger partial charge >= 0.3 is 0 Å². The smallest absolute Gasteiger partial charge is 0.134 e. The molecule has 0 aliphatic rings. The van der Waals surface area contributed by atoms with Crippen LogP contribution in [0.1, 0.15) is 12.5 Å². The van der Waals surface area contributed by atoms with Crippen LogP contribution >= 0.6 is 0 Å². The van der Waals surface area contributed by atoms with Crippen LogP contribution in [-0.4, -0.2) is 21.8 Å². The normalized spacial score (nSPS) is 13.0. The molecule has 0 aliphatic carbocycles. The average Bonchev–Trinajstić information content (AvgIpc) is 2.21. The van der Waals surface area contributed by atoms with Crippen LogP contribution in [0.25, 0.3) is 0 Å². The van der Waals surface area contributed by atoms with Crippen LogP contribution in [0.2, 0.25) is 0 Å². The van der Waals surface area contributed by atoms with Gasteiger partial charge in [0.25, 0.3) is 0 Å². The van der Waals surface area contributed by atoms with E-state index in [9.17, 15) is 4.39 Å². The number of hydrogen-bond donors (Lipinski definition) is 2. The van der Waals surface area contributed by atoms with Crippen LogP contribution in [0.4, 0.5) is 4.39 Å². The molecule has 74 valence electrons. The van der Waals surface area contributed by atoms with Crippen molar-refractivity contribution < 1.29 is 14.8 Å². The SMILES string of the molecule is CC(=N/O)/C(=N\O)c1ccc(F)cc1. The predicted molar refractivity (Wildman–Crippen MR) is 49.6 cm³/mol. The second kappa shape index (κ2) is 4.36. The monoisotopic (exact) mass is 196 g/mol. The van der Waals surface area contributed by atoms with Gasteiger partial charge in [-0.05, 0) is 31.2 Å². The fraction of sp³-hybridized carbons (Fsp3) is 0.111. The van der Waals surface area contributed by atoms with Crippen LogP contribution in [0.15, 0.2) is 34.6 Å². The third-order valence-corrected chi connectivity index (χ3v) is 1.71. The van der Waals surface area contributed by atoms with E-state index in [1.807, 2.05) is 0 Å². The Balaban J connectivity index is 3.09. The lowest BCUT2D eigenvalue weighted by Crippen LogP contribution is -2.12. The van der Waals surface area contributed by atoms with Crippen LogP contribution in [0.3, 0.4) is 0 Å². The summed E-state index contributed by atoms with van der Waals surface area (Å²) >= 11 is 0. The minimum Gasteiger partial charge on any atom is -0.411 e. The van der Waals surface area contributed by atoms with E-state index in [2.05, 4.69) is 10.3 Å². The molecule has 0 aromatic heterocycles. The van der Waals surface area contributed by atoms with Crippen molar-refractivity contribution in [3.05, 3.63) is 35.6 Å². The Morgan fingerprint density at radius 3 is 2.14 bits per heavy atom. The van der Waals surface area contributed by atoms with E-state index in [-0.39, 0.29) is 17.2 Å². The van der Waals surface area contributed by atoms with Crippen molar-refractivity contribution in [1.29, 1.82) is 0 Å². The Hall–Kier alpha value is -1.91. The first-order chi connectivity index (χ1) is 6.69. The van der Waals surface area contributed by atoms with Gasteiger partial charge in [0.05, 0.1) is 0 Å². The molecule has 5 heteroatoms. The second-order valence-electron chi connectivity index (χ2n) is 2.64. The summed E-state index contributed by atoms with van der Waals surface area (Å²) in [5.74, 6) is -0.385. The molecule has 0 bridgehead atoms. The zero-order valence-electron chi connectivity index (χ0n) is 7.48. The first-order valence-corrected chi connectivity index (χ1v) is 3.86. The molecule has 1 rings (SSSR count). The molecule has 1 aromatic carbocycles. The van der Waals surface area contributed by atoms with Crippen molar-refractivity contribution >= 4 is 11.4 Å². The molecule has 0 aliphatic heterocycles. The average molecular weight is 196 g/mol. The number of rotatable bonds is 2. The summed E-state index contributed by atoms with van der Waals surface area (Å²) < 4.78 is 12.6. The first kappa shape index (κ1) is 10.2. The number of benzene rings is 1. The van der Waals surface area contributed by atoms with E-state index < -0.39 is 0 Å². The van der Waals surface area contributed by atoms with Gasteiger partial charge in [0.1, 0.15) is 17.2 Å². The molecular weight excluding hydrogens is 187 g/mol. The van der Waals surface area contributed by atoms with Crippen LogP contribution in [0, 0.1) is 5.82 Å². The van der Waals surface area contributed by atoms with Gasteiger partial charge in [-0.1, -0.05) is 10.3 Å². The van der Waals surface area contributed by atoms with Crippen molar-refractivity contribution in [1.82, 2.24) is 0 Å². The summed E-state index contributed by atoms with van der Waals surface area (Å²) in [5, 5.41) is 23.0. The van der Waals surface area contributed by atoms with Gasteiger partial charge in [-0.25, -0.2) is 4.39 Å². The van der Waals surface area contributed by atoms with Crippen molar-refractivity contribution in [2.24, 2.45) is 10.3 Å². The summed E-state index contributed by atoms with van der Waals surface area (Å²) in [6, 6.07) is 5.31. The molecule has 0 fully saturated rings. The van der Waals surface area contributed by atoms with Crippen LogP contribution in [0.5, 0.6) is 0 Å². The number of hydrogen-bond acceptors (Lipinski definition) is 4. The fourth-order valence-electron chi connectivity index (χ4n) is 0.994. The van der Waals surface area contributed by atoms with Crippen molar-refractivity contribution in [3.63, 3.8) is 0 Å². The van der Waals surface area contributed by atoms with E-state index in [0.717, 1.165) is 0 Å². The molecule has 0 saturated heterocycles. The maximum Gasteiger partial charge on any atom is 0.134 e. The Morgan fingerprint density at radius 2 is 1.71 bits per heavy atom. The van der Waals surface area contributed by atoms with Crippen LogP contribution in [-0.2, 0) is 0 Å². The molecule has 2 N–H and O–H groups in total. The Bertz CT molecular complexity index is 371. The predicted octanol–water partition coefficient (Wildman–Crippen LogP) is 1.85. The summed E-state index contributed by atoms with van der Waals surface area (Å²) in [6.45, 7) is 1.47. The lowest BCUT2D eigenvalue weighted by atomic mass is 10.1. The molecule has 0 atom stereocenters. The van der Waals surface area contributed by atoms with Crippen molar-refractivity contribution in [3.8, 4) is 0 Å². The van der Waals surface area contributed by atoms with Gasteiger partial charge in [-0.2, -0.15) is 0 Å². The highest BCUT2D eigenvalue weighted by molar-refractivity contribution is 6.47. The summed E-state index contributed by atoms with van der Waals surface area (Å²) in [6.07, 6.45) is 0. The molecule has 0 amide bonds. The zero-order chi connectivity index (χ0) is 10.6. The van der Waals surface area contributed by atoms with Gasteiger partial charge in [0.15, 0.2) is 0 Å². The molecule has 14 heavy (non-hydrogen) atoms. The lowest BCUT2D eigenvalue weighted by Gasteiger charge is -2.01. The number of oxime groups is 2. The molecule has 4 nitrogen and oxygen atoms in total. The molecule has 0 heterocycles. The van der Waals surface area contributed by atoms with Gasteiger partial charge < -0.3 is 10.4 Å². The number of halogens is 1. The fourth-order valence-corrected chi connectivity index (χ4v) is 0.994. The van der Waals surface area contributed by atoms with E-state index in [4.69, 9.17) is 10.4 Å². The van der Waals surface area contributed by atoms with Gasteiger partial charge in [-0.3, -0.25) is 0 Å². The Kier molecular flexibility index (Phi) is 3.17. The van der Waals surface area contributed by atoms with Gasteiger partial charge in [0, 0.05) is 5.56 Å². The lowest BCUT2D eigenvalue weighted by molar-refractivity contribution is 0.314. The van der Waals surface area contributed by atoms with Gasteiger partial charge in [-0.15, -0.1) is 0 Å². The quantitative estimate of drug-likeness (QED) is 0.430. The maximum atomic E-state index is 12.6. The van der Waals surface area contributed by atoms with Gasteiger partial charge in [0.2, 0.25) is 0 Å². The third kappa shape index (κ3) is 2.07. The van der Waals surface area contributed by atoms with E-state index >= 15 is 0 Å². The molecule has 0 saturated carbocycles. The largest absolute Gasteiger partial charge is 0.411 e. The molecule has 0 spiro atoms. The number of nitrogens with zero attached hydrogens (tertiary/aromatic N) is 2. The van der Waals surface area contributed by atoms with Crippen LogP contribution < -0.4 is 0 Å². The standard InChI is InChI=1S/C9H9FN2O2/c1-6(11-13)9(12-14)7-2-4-8(10)5-3-7/h2-5,13-14H,1H3/b11-6-,12-9+. The van der Waals surface area contributed by atoms with Crippen molar-refractivity contribution in [2.45, 2.75) is 6.92 Å².